The van der Waals surface area contributed by atoms with Crippen LogP contribution in [0, 0.1) is 5.92 Å². The molecule has 5 heterocycles. The van der Waals surface area contributed by atoms with Crippen molar-refractivity contribution in [1.82, 2.24) is 39.6 Å². The third kappa shape index (κ3) is 4.69. The van der Waals surface area contributed by atoms with E-state index in [1.165, 1.54) is 19.2 Å². The molecule has 2 saturated heterocycles. The molecule has 0 aliphatic carbocycles. The molecule has 10 heteroatoms. The van der Waals surface area contributed by atoms with Gasteiger partial charge in [-0.3, -0.25) is 10.00 Å². The van der Waals surface area contributed by atoms with Crippen molar-refractivity contribution >= 4 is 17.5 Å². The lowest BCUT2D eigenvalue weighted by molar-refractivity contribution is 0.210. The highest BCUT2D eigenvalue weighted by molar-refractivity contribution is 5.94. The first-order chi connectivity index (χ1) is 17.6. The minimum atomic E-state index is 0. The number of aromatic nitrogens is 6. The van der Waals surface area contributed by atoms with Crippen molar-refractivity contribution in [1.29, 1.82) is 0 Å². The Kier molecular flexibility index (Phi) is 6.92. The molecule has 0 unspecified atom stereocenters. The van der Waals surface area contributed by atoms with Crippen LogP contribution in [0.1, 0.15) is 34.1 Å². The smallest absolute Gasteiger partial charge is 0.321 e. The second kappa shape index (κ2) is 10.3. The van der Waals surface area contributed by atoms with Gasteiger partial charge in [0.25, 0.3) is 0 Å². The Bertz CT molecular complexity index is 1340. The Balaban J connectivity index is 0.00000280. The van der Waals surface area contributed by atoms with Gasteiger partial charge in [0.1, 0.15) is 12.1 Å². The largest absolute Gasteiger partial charge is 0.326 e. The van der Waals surface area contributed by atoms with Gasteiger partial charge >= 0.3 is 6.03 Å². The number of amides is 2. The summed E-state index contributed by atoms with van der Waals surface area (Å²) in [6.07, 6.45) is 7.73. The van der Waals surface area contributed by atoms with Gasteiger partial charge in [-0.15, -0.1) is 0 Å². The van der Waals surface area contributed by atoms with Crippen molar-refractivity contribution in [3.8, 4) is 22.5 Å². The van der Waals surface area contributed by atoms with E-state index in [4.69, 9.17) is 4.98 Å². The third-order valence-electron chi connectivity index (χ3n) is 7.36. The van der Waals surface area contributed by atoms with E-state index in [0.717, 1.165) is 60.9 Å². The van der Waals surface area contributed by atoms with Gasteiger partial charge < -0.3 is 9.80 Å². The van der Waals surface area contributed by atoms with Gasteiger partial charge in [-0.05, 0) is 43.5 Å². The quantitative estimate of drug-likeness (QED) is 0.408. The highest BCUT2D eigenvalue weighted by Crippen LogP contribution is 2.31. The first-order valence-corrected chi connectivity index (χ1v) is 12.7. The Labute approximate surface area is 217 Å². The molecular weight excluding hydrogens is 466 g/mol. The maximum Gasteiger partial charge on any atom is 0.326 e. The number of fused-ring (bicyclic) bond motifs is 1. The van der Waals surface area contributed by atoms with Crippen LogP contribution in [0.4, 0.5) is 10.6 Å². The first-order valence-electron chi connectivity index (χ1n) is 12.7. The van der Waals surface area contributed by atoms with E-state index in [2.05, 4.69) is 39.0 Å². The molecule has 194 valence electrons. The monoisotopic (exact) mass is 501 g/mol. The Morgan fingerprint density at radius 3 is 2.51 bits per heavy atom. The number of rotatable bonds is 7. The maximum atomic E-state index is 13.6. The zero-order chi connectivity index (χ0) is 24.6. The first kappa shape index (κ1) is 24.9. The molecule has 0 bridgehead atoms. The van der Waals surface area contributed by atoms with Gasteiger partial charge in [0.15, 0.2) is 11.5 Å². The molecule has 0 radical (unpaired) electrons. The van der Waals surface area contributed by atoms with Crippen molar-refractivity contribution in [2.24, 2.45) is 5.92 Å². The van der Waals surface area contributed by atoms with Gasteiger partial charge in [-0.1, -0.05) is 45.5 Å². The molecule has 2 amide bonds. The minimum Gasteiger partial charge on any atom is -0.321 e. The normalized spacial score (nSPS) is 18.4. The number of likely N-dealkylation sites (tertiary alicyclic amines) is 1. The van der Waals surface area contributed by atoms with E-state index in [1.54, 1.807) is 4.52 Å². The summed E-state index contributed by atoms with van der Waals surface area (Å²) >= 11 is 0. The van der Waals surface area contributed by atoms with Crippen molar-refractivity contribution in [3.05, 3.63) is 49.1 Å². The summed E-state index contributed by atoms with van der Waals surface area (Å²) in [4.78, 5) is 29.1. The summed E-state index contributed by atoms with van der Waals surface area (Å²) < 4.78 is 1.76. The lowest BCUT2D eigenvalue weighted by Gasteiger charge is -2.25. The average Bonchev–Trinajstić information content (AvgIpc) is 3.70. The van der Waals surface area contributed by atoms with E-state index >= 15 is 0 Å². The number of urea groups is 1. The molecule has 0 spiro atoms. The van der Waals surface area contributed by atoms with Gasteiger partial charge in [-0.25, -0.2) is 19.3 Å². The Morgan fingerprint density at radius 2 is 1.81 bits per heavy atom. The highest BCUT2D eigenvalue weighted by atomic mass is 16.2. The molecule has 6 rings (SSSR count). The molecule has 3 aromatic heterocycles. The zero-order valence-corrected chi connectivity index (χ0v) is 20.7. The van der Waals surface area contributed by atoms with Crippen LogP contribution in [0.25, 0.3) is 28.2 Å². The number of aromatic amines is 1. The molecule has 1 atom stereocenters. The van der Waals surface area contributed by atoms with Crippen LogP contribution in [0.3, 0.4) is 0 Å². The molecule has 2 fully saturated rings. The predicted molar refractivity (Wildman–Crippen MR) is 144 cm³/mol. The lowest BCUT2D eigenvalue weighted by atomic mass is 10.0. The van der Waals surface area contributed by atoms with E-state index in [1.807, 2.05) is 52.5 Å². The standard InChI is InChI=1S/C26H31N9O.CH4/c1-18(2)22-16-33(14-13-32-10-3-4-11-32)26(36)35(22)23-9-12-34-25(30-23)21(15-29-34)19-5-7-20(8-6-19)24-27-17-28-31-24;/h5-9,12,15,17-18,22H,3-4,10-11,13-14,16H2,1-2H3,(H,27,28,31);1H4/t22-;/m1./s1. The summed E-state index contributed by atoms with van der Waals surface area (Å²) in [7, 11) is 0. The zero-order valence-electron chi connectivity index (χ0n) is 20.7. The summed E-state index contributed by atoms with van der Waals surface area (Å²) in [5.41, 5.74) is 3.60. The van der Waals surface area contributed by atoms with Gasteiger partial charge in [0.05, 0.1) is 12.2 Å². The second-order valence-electron chi connectivity index (χ2n) is 9.98. The van der Waals surface area contributed by atoms with E-state index in [-0.39, 0.29) is 19.5 Å². The van der Waals surface area contributed by atoms with Crippen LogP contribution < -0.4 is 4.90 Å². The maximum absolute atomic E-state index is 13.6. The Morgan fingerprint density at radius 1 is 1.05 bits per heavy atom. The molecule has 4 aromatic rings. The fourth-order valence-corrected chi connectivity index (χ4v) is 5.26. The minimum absolute atomic E-state index is 0. The predicted octanol–water partition coefficient (Wildman–Crippen LogP) is 4.18. The summed E-state index contributed by atoms with van der Waals surface area (Å²) in [5, 5.41) is 11.3. The number of hydrogen-bond donors (Lipinski definition) is 1. The topological polar surface area (TPSA) is 98.5 Å². The van der Waals surface area contributed by atoms with Crippen LogP contribution >= 0.6 is 0 Å². The molecule has 10 nitrogen and oxygen atoms in total. The van der Waals surface area contributed by atoms with Gasteiger partial charge in [-0.2, -0.15) is 10.2 Å². The number of nitrogens with one attached hydrogen (secondary N) is 1. The number of carbonyl (C=O) groups is 1. The number of carbonyl (C=O) groups excluding carboxylic acids is 1. The lowest BCUT2D eigenvalue weighted by Crippen LogP contribution is -2.39. The number of nitrogens with zero attached hydrogens (tertiary/aromatic N) is 8. The second-order valence-corrected chi connectivity index (χ2v) is 9.98. The molecular formula is C27H35N9O. The third-order valence-corrected chi connectivity index (χ3v) is 7.36. The number of anilines is 1. The van der Waals surface area contributed by atoms with Gasteiger partial charge in [0, 0.05) is 37.0 Å². The number of H-pyrrole nitrogens is 1. The van der Waals surface area contributed by atoms with Crippen molar-refractivity contribution in [2.75, 3.05) is 37.6 Å². The van der Waals surface area contributed by atoms with Crippen molar-refractivity contribution in [2.45, 2.75) is 40.2 Å². The van der Waals surface area contributed by atoms with Crippen molar-refractivity contribution in [3.63, 3.8) is 0 Å². The van der Waals surface area contributed by atoms with Crippen LogP contribution in [-0.2, 0) is 0 Å². The van der Waals surface area contributed by atoms with Crippen LogP contribution in [0.5, 0.6) is 0 Å². The summed E-state index contributed by atoms with van der Waals surface area (Å²) in [6.45, 7) is 9.06. The van der Waals surface area contributed by atoms with Crippen LogP contribution in [-0.4, -0.2) is 84.4 Å². The summed E-state index contributed by atoms with van der Waals surface area (Å²) in [5.74, 6) is 1.72. The van der Waals surface area contributed by atoms with E-state index < -0.39 is 0 Å². The summed E-state index contributed by atoms with van der Waals surface area (Å²) in [6, 6.07) is 10.1. The SMILES string of the molecule is C.CC(C)[C@H]1CN(CCN2CCCC2)C(=O)N1c1ccn2ncc(-c3ccc(-c4ncn[nH]4)cc3)c2n1. The highest BCUT2D eigenvalue weighted by Gasteiger charge is 2.40. The molecule has 2 aliphatic rings. The molecule has 2 aliphatic heterocycles. The van der Waals surface area contributed by atoms with E-state index in [9.17, 15) is 4.79 Å². The molecule has 1 aromatic carbocycles. The Hall–Kier alpha value is -3.79. The van der Waals surface area contributed by atoms with E-state index in [0.29, 0.717) is 11.7 Å². The van der Waals surface area contributed by atoms with Crippen LogP contribution in [0.15, 0.2) is 49.1 Å². The number of hydrogen-bond acceptors (Lipinski definition) is 6. The molecule has 0 saturated carbocycles. The van der Waals surface area contributed by atoms with Crippen LogP contribution in [0.2, 0.25) is 0 Å². The molecule has 1 N–H and O–H groups in total. The van der Waals surface area contributed by atoms with Gasteiger partial charge in [0.2, 0.25) is 0 Å². The van der Waals surface area contributed by atoms with Crippen molar-refractivity contribution < 1.29 is 4.79 Å². The fourth-order valence-electron chi connectivity index (χ4n) is 5.26. The fraction of sp³-hybridized carbons (Fsp3) is 0.444. The average molecular weight is 502 g/mol. The molecule has 37 heavy (non-hydrogen) atoms. The number of benzene rings is 1.